The monoisotopic (exact) mass is 425 g/mol. The summed E-state index contributed by atoms with van der Waals surface area (Å²) in [6.45, 7) is 1.95. The molecule has 0 unspecified atom stereocenters. The Kier molecular flexibility index (Phi) is 4.84. The van der Waals surface area contributed by atoms with Crippen LogP contribution in [-0.4, -0.2) is 38.5 Å². The van der Waals surface area contributed by atoms with Gasteiger partial charge in [0.1, 0.15) is 16.1 Å². The zero-order valence-corrected chi connectivity index (χ0v) is 16.5. The van der Waals surface area contributed by atoms with Gasteiger partial charge in [-0.1, -0.05) is 22.9 Å². The first-order valence-corrected chi connectivity index (χ1v) is 10.0. The fourth-order valence-electron chi connectivity index (χ4n) is 3.46. The van der Waals surface area contributed by atoms with Gasteiger partial charge in [0.05, 0.1) is 11.7 Å². The highest BCUT2D eigenvalue weighted by Crippen LogP contribution is 2.36. The smallest absolute Gasteiger partial charge is 0.280 e. The van der Waals surface area contributed by atoms with E-state index in [2.05, 4.69) is 15.4 Å². The molecule has 1 fully saturated rings. The Morgan fingerprint density at radius 2 is 2.29 bits per heavy atom. The second-order valence-corrected chi connectivity index (χ2v) is 8.60. The van der Waals surface area contributed by atoms with Crippen LogP contribution in [0.25, 0.3) is 16.8 Å². The third-order valence-electron chi connectivity index (χ3n) is 4.93. The summed E-state index contributed by atoms with van der Waals surface area (Å²) in [6, 6.07) is 1.63. The van der Waals surface area contributed by atoms with Crippen LogP contribution in [0.3, 0.4) is 0 Å². The fourth-order valence-corrected chi connectivity index (χ4v) is 4.53. The van der Waals surface area contributed by atoms with Crippen LogP contribution < -0.4 is 11.1 Å². The highest BCUT2D eigenvalue weighted by molar-refractivity contribution is 7.18. The average molecular weight is 426 g/mol. The number of carbonyl (C=O) groups is 1. The van der Waals surface area contributed by atoms with Crippen LogP contribution >= 0.6 is 22.9 Å². The molecule has 148 valence electrons. The van der Waals surface area contributed by atoms with E-state index in [0.29, 0.717) is 28.4 Å². The van der Waals surface area contributed by atoms with Crippen molar-refractivity contribution in [3.63, 3.8) is 0 Å². The molecule has 0 bridgehead atoms. The van der Waals surface area contributed by atoms with E-state index < -0.39 is 23.9 Å². The molecule has 3 heterocycles. The van der Waals surface area contributed by atoms with E-state index in [0.717, 1.165) is 22.4 Å². The van der Waals surface area contributed by atoms with E-state index in [-0.39, 0.29) is 11.4 Å². The van der Waals surface area contributed by atoms with E-state index in [1.54, 1.807) is 10.7 Å². The molecule has 6 nitrogen and oxygen atoms in total. The molecule has 3 aromatic heterocycles. The summed E-state index contributed by atoms with van der Waals surface area (Å²) in [5.74, 6) is -3.75. The van der Waals surface area contributed by atoms with Crippen molar-refractivity contribution >= 4 is 34.4 Å². The van der Waals surface area contributed by atoms with Gasteiger partial charge in [-0.3, -0.25) is 4.79 Å². The van der Waals surface area contributed by atoms with Crippen LogP contribution in [-0.2, 0) is 0 Å². The van der Waals surface area contributed by atoms with Crippen molar-refractivity contribution in [2.45, 2.75) is 44.2 Å². The van der Waals surface area contributed by atoms with Crippen LogP contribution in [0.15, 0.2) is 24.5 Å². The third-order valence-corrected chi connectivity index (χ3v) is 6.18. The molecule has 28 heavy (non-hydrogen) atoms. The summed E-state index contributed by atoms with van der Waals surface area (Å²) in [7, 11) is 0. The van der Waals surface area contributed by atoms with Gasteiger partial charge in [0.25, 0.3) is 11.8 Å². The second kappa shape index (κ2) is 7.06. The number of amides is 1. The Hall–Kier alpha value is -2.10. The van der Waals surface area contributed by atoms with Gasteiger partial charge in [-0.15, -0.1) is 0 Å². The molecule has 1 saturated carbocycles. The van der Waals surface area contributed by atoms with Crippen LogP contribution in [0, 0.1) is 6.92 Å². The Balaban J connectivity index is 1.64. The summed E-state index contributed by atoms with van der Waals surface area (Å²) in [5.41, 5.74) is 8.72. The highest BCUT2D eigenvalue weighted by atomic mass is 35.5. The SMILES string of the molecule is Cc1ccn2ncc(-c3nc(C(=O)N[C@@H]4[C@H](N)CCCC4(F)F)sc3Cl)c2c1. The van der Waals surface area contributed by atoms with Crippen molar-refractivity contribution in [1.82, 2.24) is 19.9 Å². The number of aryl methyl sites for hydroxylation is 1. The standard InChI is InChI=1S/C18H18ClF2N5OS/c1-9-4-6-26-12(7-9)10(8-23-26)13-15(19)28-17(24-13)16(27)25-14-11(22)3-2-5-18(14,20)21/h4,6-8,11,14H,2-3,5,22H2,1H3,(H,25,27)/t11-,14-/m1/s1. The lowest BCUT2D eigenvalue weighted by atomic mass is 9.87. The number of rotatable bonds is 3. The van der Waals surface area contributed by atoms with Crippen molar-refractivity contribution in [2.75, 3.05) is 0 Å². The van der Waals surface area contributed by atoms with Crippen molar-refractivity contribution in [3.8, 4) is 11.3 Å². The van der Waals surface area contributed by atoms with Gasteiger partial charge in [0, 0.05) is 24.2 Å². The topological polar surface area (TPSA) is 85.3 Å². The number of hydrogen-bond donors (Lipinski definition) is 2. The van der Waals surface area contributed by atoms with Crippen molar-refractivity contribution in [1.29, 1.82) is 0 Å². The second-order valence-electron chi connectivity index (χ2n) is 7.00. The maximum Gasteiger partial charge on any atom is 0.280 e. The molecule has 4 rings (SSSR count). The summed E-state index contributed by atoms with van der Waals surface area (Å²) >= 11 is 7.26. The number of carbonyl (C=O) groups excluding carboxylic acids is 1. The first-order valence-electron chi connectivity index (χ1n) is 8.81. The minimum Gasteiger partial charge on any atom is -0.340 e. The van der Waals surface area contributed by atoms with Gasteiger partial charge in [-0.05, 0) is 37.5 Å². The maximum absolute atomic E-state index is 14.2. The minimum atomic E-state index is -3.04. The van der Waals surface area contributed by atoms with Crippen LogP contribution in [0.5, 0.6) is 0 Å². The molecule has 10 heteroatoms. The molecule has 0 aromatic carbocycles. The Morgan fingerprint density at radius 1 is 1.50 bits per heavy atom. The molecule has 0 aliphatic heterocycles. The number of thiazole rings is 1. The molecule has 0 saturated heterocycles. The Morgan fingerprint density at radius 3 is 3.04 bits per heavy atom. The van der Waals surface area contributed by atoms with E-state index in [1.807, 2.05) is 25.3 Å². The van der Waals surface area contributed by atoms with E-state index >= 15 is 0 Å². The van der Waals surface area contributed by atoms with Crippen molar-refractivity contribution < 1.29 is 13.6 Å². The number of aromatic nitrogens is 3. The van der Waals surface area contributed by atoms with E-state index in [9.17, 15) is 13.6 Å². The number of nitrogens with zero attached hydrogens (tertiary/aromatic N) is 3. The normalized spacial score (nSPS) is 21.8. The van der Waals surface area contributed by atoms with Crippen LogP contribution in [0.2, 0.25) is 4.34 Å². The zero-order valence-electron chi connectivity index (χ0n) is 15.0. The first kappa shape index (κ1) is 19.2. The third kappa shape index (κ3) is 3.38. The number of nitrogens with two attached hydrogens (primary N) is 1. The van der Waals surface area contributed by atoms with E-state index in [1.165, 1.54) is 0 Å². The first-order chi connectivity index (χ1) is 13.3. The number of hydrogen-bond acceptors (Lipinski definition) is 5. The molecule has 1 aliphatic carbocycles. The zero-order chi connectivity index (χ0) is 20.1. The lowest BCUT2D eigenvalue weighted by Gasteiger charge is -2.36. The molecule has 3 N–H and O–H groups in total. The molecule has 1 aliphatic rings. The minimum absolute atomic E-state index is 0.0144. The fraction of sp³-hybridized carbons (Fsp3) is 0.389. The number of alkyl halides is 2. The number of nitrogens with one attached hydrogen (secondary N) is 1. The number of fused-ring (bicyclic) bond motifs is 1. The van der Waals surface area contributed by atoms with Gasteiger partial charge >= 0.3 is 0 Å². The quantitative estimate of drug-likeness (QED) is 0.670. The van der Waals surface area contributed by atoms with Gasteiger partial charge in [0.2, 0.25) is 0 Å². The summed E-state index contributed by atoms with van der Waals surface area (Å²) < 4.78 is 30.3. The van der Waals surface area contributed by atoms with Crippen molar-refractivity contribution in [2.24, 2.45) is 5.73 Å². The Labute approximate surface area is 168 Å². The lowest BCUT2D eigenvalue weighted by molar-refractivity contribution is -0.0674. The maximum atomic E-state index is 14.2. The summed E-state index contributed by atoms with van der Waals surface area (Å²) in [5, 5.41) is 6.64. The predicted octanol–water partition coefficient (Wildman–Crippen LogP) is 3.66. The lowest BCUT2D eigenvalue weighted by Crippen LogP contribution is -2.59. The number of halogens is 3. The predicted molar refractivity (Wildman–Crippen MR) is 104 cm³/mol. The van der Waals surface area contributed by atoms with Gasteiger partial charge in [0.15, 0.2) is 5.01 Å². The van der Waals surface area contributed by atoms with Crippen molar-refractivity contribution in [3.05, 3.63) is 39.4 Å². The molecular weight excluding hydrogens is 408 g/mol. The largest absolute Gasteiger partial charge is 0.340 e. The number of pyridine rings is 1. The summed E-state index contributed by atoms with van der Waals surface area (Å²) in [4.78, 5) is 16.9. The van der Waals surface area contributed by atoms with Gasteiger partial charge in [-0.2, -0.15) is 5.10 Å². The van der Waals surface area contributed by atoms with Gasteiger partial charge in [-0.25, -0.2) is 18.3 Å². The molecule has 3 aromatic rings. The van der Waals surface area contributed by atoms with E-state index in [4.69, 9.17) is 17.3 Å². The Bertz CT molecular complexity index is 1050. The van der Waals surface area contributed by atoms with Crippen LogP contribution in [0.4, 0.5) is 8.78 Å². The van der Waals surface area contributed by atoms with Gasteiger partial charge < -0.3 is 11.1 Å². The highest BCUT2D eigenvalue weighted by Gasteiger charge is 2.46. The molecular formula is C18H18ClF2N5OS. The van der Waals surface area contributed by atoms with Crippen LogP contribution in [0.1, 0.15) is 34.6 Å². The molecule has 2 atom stereocenters. The molecule has 0 spiro atoms. The molecule has 1 amide bonds. The summed E-state index contributed by atoms with van der Waals surface area (Å²) in [6.07, 6.45) is 3.91. The molecule has 0 radical (unpaired) electrons. The average Bonchev–Trinajstić information content (AvgIpc) is 3.20.